The molecular weight excluding hydrogens is 254 g/mol. The van der Waals surface area contributed by atoms with E-state index in [4.69, 9.17) is 4.74 Å². The molecule has 0 unspecified atom stereocenters. The Kier molecular flexibility index (Phi) is 3.72. The second kappa shape index (κ2) is 5.50. The van der Waals surface area contributed by atoms with Gasteiger partial charge in [0.2, 0.25) is 0 Å². The number of aromatic nitrogens is 1. The third kappa shape index (κ3) is 2.69. The van der Waals surface area contributed by atoms with Gasteiger partial charge in [0.05, 0.1) is 24.8 Å². The van der Waals surface area contributed by atoms with Crippen molar-refractivity contribution in [3.8, 4) is 0 Å². The molecular formula is C15H21N3O2. The van der Waals surface area contributed by atoms with E-state index in [0.29, 0.717) is 18.1 Å². The van der Waals surface area contributed by atoms with Crippen molar-refractivity contribution in [2.45, 2.75) is 13.0 Å². The van der Waals surface area contributed by atoms with Crippen molar-refractivity contribution in [2.24, 2.45) is 5.92 Å². The summed E-state index contributed by atoms with van der Waals surface area (Å²) in [6.45, 7) is 5.95. The van der Waals surface area contributed by atoms with E-state index in [9.17, 15) is 4.79 Å². The van der Waals surface area contributed by atoms with Crippen LogP contribution in [0.5, 0.6) is 0 Å². The maximum absolute atomic E-state index is 12.7. The Morgan fingerprint density at radius 3 is 2.90 bits per heavy atom. The highest BCUT2D eigenvalue weighted by atomic mass is 16.5. The molecule has 2 atom stereocenters. The molecule has 3 heterocycles. The average Bonchev–Trinajstić information content (AvgIpc) is 2.69. The maximum Gasteiger partial charge on any atom is 0.255 e. The van der Waals surface area contributed by atoms with Crippen LogP contribution in [0.1, 0.15) is 16.1 Å². The van der Waals surface area contributed by atoms with Crippen LogP contribution in [-0.4, -0.2) is 66.6 Å². The van der Waals surface area contributed by atoms with Crippen molar-refractivity contribution in [3.63, 3.8) is 0 Å². The molecule has 108 valence electrons. The van der Waals surface area contributed by atoms with Crippen molar-refractivity contribution in [1.82, 2.24) is 14.8 Å². The maximum atomic E-state index is 12.7. The molecule has 1 aromatic rings. The number of carbonyl (C=O) groups is 1. The lowest BCUT2D eigenvalue weighted by Gasteiger charge is -2.29. The molecule has 20 heavy (non-hydrogen) atoms. The Labute approximate surface area is 119 Å². The number of nitrogens with zero attached hydrogens (tertiary/aromatic N) is 3. The minimum Gasteiger partial charge on any atom is -0.379 e. The molecule has 2 fully saturated rings. The van der Waals surface area contributed by atoms with Crippen LogP contribution in [0.25, 0.3) is 0 Å². The summed E-state index contributed by atoms with van der Waals surface area (Å²) in [6, 6.07) is 3.89. The van der Waals surface area contributed by atoms with Crippen molar-refractivity contribution in [1.29, 1.82) is 0 Å². The lowest BCUT2D eigenvalue weighted by atomic mass is 10.1. The zero-order chi connectivity index (χ0) is 14.1. The summed E-state index contributed by atoms with van der Waals surface area (Å²) < 4.78 is 5.71. The number of carbonyl (C=O) groups excluding carboxylic acids is 1. The van der Waals surface area contributed by atoms with Crippen LogP contribution in [-0.2, 0) is 4.74 Å². The van der Waals surface area contributed by atoms with E-state index in [1.54, 1.807) is 6.20 Å². The lowest BCUT2D eigenvalue weighted by Crippen LogP contribution is -2.46. The topological polar surface area (TPSA) is 45.7 Å². The standard InChI is InChI=1S/C15H21N3O2/c1-11-3-4-13(5-16-11)15(19)18-7-12-6-17(2)8-14(18)10-20-9-12/h3-5,12,14H,6-10H2,1-2H3/t12-,14-/m0/s1. The van der Waals surface area contributed by atoms with Gasteiger partial charge >= 0.3 is 0 Å². The van der Waals surface area contributed by atoms with Gasteiger partial charge in [-0.15, -0.1) is 0 Å². The SMILES string of the molecule is Cc1ccc(C(=O)N2C[C@H]3COC[C@@H]2CN(C)C3)cn1. The quantitative estimate of drug-likeness (QED) is 0.760. The normalized spacial score (nSPS) is 27.2. The molecule has 0 radical (unpaired) electrons. The number of likely N-dealkylation sites (N-methyl/N-ethyl adjacent to an activating group) is 1. The number of amides is 1. The summed E-state index contributed by atoms with van der Waals surface area (Å²) in [5, 5.41) is 0. The Bertz CT molecular complexity index is 488. The van der Waals surface area contributed by atoms with Gasteiger partial charge in [0, 0.05) is 37.4 Å². The number of aryl methyl sites for hydroxylation is 1. The molecule has 1 aromatic heterocycles. The van der Waals surface area contributed by atoms with E-state index in [1.807, 2.05) is 24.0 Å². The van der Waals surface area contributed by atoms with Crippen LogP contribution in [0.15, 0.2) is 18.3 Å². The third-order valence-corrected chi connectivity index (χ3v) is 4.07. The van der Waals surface area contributed by atoms with Gasteiger partial charge in [-0.1, -0.05) is 0 Å². The first-order chi connectivity index (χ1) is 9.63. The highest BCUT2D eigenvalue weighted by Crippen LogP contribution is 2.20. The molecule has 0 spiro atoms. The van der Waals surface area contributed by atoms with E-state index in [2.05, 4.69) is 16.9 Å². The summed E-state index contributed by atoms with van der Waals surface area (Å²) in [5.41, 5.74) is 1.60. The first-order valence-corrected chi connectivity index (χ1v) is 7.13. The molecule has 0 aliphatic carbocycles. The Hall–Kier alpha value is -1.46. The van der Waals surface area contributed by atoms with Gasteiger partial charge in [0.15, 0.2) is 0 Å². The second-order valence-electron chi connectivity index (χ2n) is 5.92. The smallest absolute Gasteiger partial charge is 0.255 e. The van der Waals surface area contributed by atoms with E-state index >= 15 is 0 Å². The van der Waals surface area contributed by atoms with E-state index in [1.165, 1.54) is 0 Å². The third-order valence-electron chi connectivity index (χ3n) is 4.07. The van der Waals surface area contributed by atoms with Gasteiger partial charge in [-0.3, -0.25) is 9.78 Å². The molecule has 3 rings (SSSR count). The predicted molar refractivity (Wildman–Crippen MR) is 75.6 cm³/mol. The fourth-order valence-corrected chi connectivity index (χ4v) is 3.09. The van der Waals surface area contributed by atoms with Gasteiger partial charge in [0.1, 0.15) is 0 Å². The van der Waals surface area contributed by atoms with Gasteiger partial charge in [-0.2, -0.15) is 0 Å². The molecule has 0 aromatic carbocycles. The van der Waals surface area contributed by atoms with E-state index < -0.39 is 0 Å². The average molecular weight is 275 g/mol. The summed E-state index contributed by atoms with van der Waals surface area (Å²) in [7, 11) is 2.12. The molecule has 1 amide bonds. The molecule has 2 saturated heterocycles. The van der Waals surface area contributed by atoms with Gasteiger partial charge in [-0.25, -0.2) is 0 Å². The Morgan fingerprint density at radius 2 is 2.15 bits per heavy atom. The fraction of sp³-hybridized carbons (Fsp3) is 0.600. The lowest BCUT2D eigenvalue weighted by molar-refractivity contribution is 0.0483. The molecule has 5 heteroatoms. The number of fused-ring (bicyclic) bond motifs is 3. The number of pyridine rings is 1. The number of hydrogen-bond acceptors (Lipinski definition) is 4. The van der Waals surface area contributed by atoms with E-state index in [0.717, 1.165) is 31.9 Å². The van der Waals surface area contributed by atoms with Gasteiger partial charge in [0.25, 0.3) is 5.91 Å². The molecule has 5 nitrogen and oxygen atoms in total. The van der Waals surface area contributed by atoms with Crippen molar-refractivity contribution in [3.05, 3.63) is 29.6 Å². The largest absolute Gasteiger partial charge is 0.379 e. The van der Waals surface area contributed by atoms with Crippen LogP contribution >= 0.6 is 0 Å². The highest BCUT2D eigenvalue weighted by Gasteiger charge is 2.35. The van der Waals surface area contributed by atoms with Gasteiger partial charge < -0.3 is 14.5 Å². The van der Waals surface area contributed by atoms with Crippen molar-refractivity contribution in [2.75, 3.05) is 39.9 Å². The van der Waals surface area contributed by atoms with E-state index in [-0.39, 0.29) is 11.9 Å². The molecule has 2 aliphatic rings. The zero-order valence-electron chi connectivity index (χ0n) is 12.1. The highest BCUT2D eigenvalue weighted by molar-refractivity contribution is 5.94. The first-order valence-electron chi connectivity index (χ1n) is 7.13. The minimum atomic E-state index is 0.0771. The van der Waals surface area contributed by atoms with Crippen molar-refractivity contribution < 1.29 is 9.53 Å². The summed E-state index contributed by atoms with van der Waals surface area (Å²) in [4.78, 5) is 21.2. The number of ether oxygens (including phenoxy) is 1. The van der Waals surface area contributed by atoms with Gasteiger partial charge in [-0.05, 0) is 26.1 Å². The molecule has 2 bridgehead atoms. The molecule has 0 saturated carbocycles. The van der Waals surface area contributed by atoms with Crippen molar-refractivity contribution >= 4 is 5.91 Å². The monoisotopic (exact) mass is 275 g/mol. The summed E-state index contributed by atoms with van der Waals surface area (Å²) >= 11 is 0. The van der Waals surface area contributed by atoms with Crippen LogP contribution in [0.2, 0.25) is 0 Å². The summed E-state index contributed by atoms with van der Waals surface area (Å²) in [6.07, 6.45) is 1.68. The Morgan fingerprint density at radius 1 is 1.30 bits per heavy atom. The zero-order valence-corrected chi connectivity index (χ0v) is 12.1. The van der Waals surface area contributed by atoms with Crippen LogP contribution in [0.3, 0.4) is 0 Å². The summed E-state index contributed by atoms with van der Waals surface area (Å²) in [5.74, 6) is 0.475. The van der Waals surface area contributed by atoms with Crippen LogP contribution in [0, 0.1) is 12.8 Å². The number of rotatable bonds is 1. The van der Waals surface area contributed by atoms with Crippen LogP contribution in [0.4, 0.5) is 0 Å². The predicted octanol–water partition coefficient (Wildman–Crippen LogP) is 0.793. The molecule has 0 N–H and O–H groups in total. The Balaban J connectivity index is 1.84. The first kappa shape index (κ1) is 13.5. The minimum absolute atomic E-state index is 0.0771. The fourth-order valence-electron chi connectivity index (χ4n) is 3.09. The number of hydrogen-bond donors (Lipinski definition) is 0. The second-order valence-corrected chi connectivity index (χ2v) is 5.92. The van der Waals surface area contributed by atoms with Crippen LogP contribution < -0.4 is 0 Å². The molecule has 2 aliphatic heterocycles.